The van der Waals surface area contributed by atoms with E-state index in [1.165, 1.54) is 18.3 Å². The number of aliphatic hydroxyl groups is 1. The summed E-state index contributed by atoms with van der Waals surface area (Å²) in [6.07, 6.45) is -0.896. The molecule has 1 aromatic heterocycles. The van der Waals surface area contributed by atoms with Gasteiger partial charge in [-0.15, -0.1) is 0 Å². The Balaban J connectivity index is 1.78. The minimum Gasteiger partial charge on any atom is -0.394 e. The highest BCUT2D eigenvalue weighted by Gasteiger charge is 2.52. The molecule has 4 atom stereocenters. The second kappa shape index (κ2) is 9.44. The number of hydrogen-bond acceptors (Lipinski definition) is 7. The fourth-order valence-corrected chi connectivity index (χ4v) is 6.07. The monoisotopic (exact) mass is 471 g/mol. The summed E-state index contributed by atoms with van der Waals surface area (Å²) < 4.78 is 34.4. The Kier molecular flexibility index (Phi) is 6.61. The molecular weight excluding hydrogens is 446 g/mol. The van der Waals surface area contributed by atoms with Crippen molar-refractivity contribution in [2.24, 2.45) is 0 Å². The maximum absolute atomic E-state index is 13.7. The van der Waals surface area contributed by atoms with E-state index in [2.05, 4.69) is 10.3 Å². The molecule has 4 rings (SSSR count). The van der Waals surface area contributed by atoms with E-state index in [0.29, 0.717) is 6.54 Å². The van der Waals surface area contributed by atoms with Crippen molar-refractivity contribution < 1.29 is 18.3 Å². The highest BCUT2D eigenvalue weighted by Crippen LogP contribution is 2.36. The van der Waals surface area contributed by atoms with Gasteiger partial charge >= 0.3 is 5.69 Å². The maximum atomic E-state index is 13.7. The van der Waals surface area contributed by atoms with Crippen LogP contribution in [0, 0.1) is 6.92 Å². The highest BCUT2D eigenvalue weighted by atomic mass is 32.2. The van der Waals surface area contributed by atoms with E-state index in [9.17, 15) is 23.1 Å². The number of aryl methyl sites for hydroxylation is 1. The van der Waals surface area contributed by atoms with Gasteiger partial charge in [0.05, 0.1) is 17.5 Å². The number of sulfone groups is 1. The van der Waals surface area contributed by atoms with Crippen LogP contribution in [0.3, 0.4) is 0 Å². The smallest absolute Gasteiger partial charge is 0.330 e. The zero-order chi connectivity index (χ0) is 23.6. The summed E-state index contributed by atoms with van der Waals surface area (Å²) in [6, 6.07) is 16.1. The van der Waals surface area contributed by atoms with Crippen LogP contribution in [0.1, 0.15) is 17.4 Å². The van der Waals surface area contributed by atoms with Gasteiger partial charge < -0.3 is 15.2 Å². The molecule has 3 N–H and O–H groups in total. The molecule has 2 heterocycles. The predicted molar refractivity (Wildman–Crippen MR) is 122 cm³/mol. The largest absolute Gasteiger partial charge is 0.394 e. The van der Waals surface area contributed by atoms with Crippen LogP contribution in [-0.2, 0) is 21.1 Å². The normalized spacial score (nSPS) is 23.0. The molecule has 174 valence electrons. The number of aromatic amines is 1. The van der Waals surface area contributed by atoms with Crippen LogP contribution in [-0.4, -0.2) is 47.1 Å². The van der Waals surface area contributed by atoms with Gasteiger partial charge in [0.1, 0.15) is 11.4 Å². The van der Waals surface area contributed by atoms with Crippen LogP contribution in [0.25, 0.3) is 0 Å². The van der Waals surface area contributed by atoms with Crippen molar-refractivity contribution in [2.45, 2.75) is 42.0 Å². The van der Waals surface area contributed by atoms with Crippen LogP contribution >= 0.6 is 0 Å². The fourth-order valence-electron chi connectivity index (χ4n) is 4.07. The van der Waals surface area contributed by atoms with Gasteiger partial charge in [0, 0.05) is 18.8 Å². The van der Waals surface area contributed by atoms with Crippen molar-refractivity contribution >= 4 is 9.84 Å². The average Bonchev–Trinajstić information content (AvgIpc) is 3.18. The minimum atomic E-state index is -3.97. The number of nitrogens with one attached hydrogen (secondary N) is 2. The number of aliphatic hydroxyl groups excluding tert-OH is 1. The molecule has 0 spiro atoms. The third kappa shape index (κ3) is 4.69. The molecule has 1 fully saturated rings. The van der Waals surface area contributed by atoms with Crippen molar-refractivity contribution in [2.75, 3.05) is 6.61 Å². The molecule has 2 aromatic carbocycles. The van der Waals surface area contributed by atoms with Crippen LogP contribution in [0.15, 0.2) is 81.3 Å². The summed E-state index contributed by atoms with van der Waals surface area (Å²) in [6.45, 7) is 1.60. The molecule has 1 aliphatic rings. The number of ether oxygens (including phenoxy) is 1. The fraction of sp³-hybridized carbons (Fsp3) is 0.304. The molecule has 10 heteroatoms. The quantitative estimate of drug-likeness (QED) is 0.463. The molecule has 3 aromatic rings. The van der Waals surface area contributed by atoms with Crippen molar-refractivity contribution in [1.82, 2.24) is 14.9 Å². The van der Waals surface area contributed by atoms with Gasteiger partial charge in [-0.3, -0.25) is 14.3 Å². The van der Waals surface area contributed by atoms with Crippen molar-refractivity contribution in [3.05, 3.63) is 98.8 Å². The minimum absolute atomic E-state index is 0.0983. The zero-order valence-corrected chi connectivity index (χ0v) is 18.7. The predicted octanol–water partition coefficient (Wildman–Crippen LogP) is 0.736. The van der Waals surface area contributed by atoms with Gasteiger partial charge in [0.25, 0.3) is 5.56 Å². The second-order valence-corrected chi connectivity index (χ2v) is 10.1. The molecule has 0 saturated carbocycles. The maximum Gasteiger partial charge on any atom is 0.330 e. The SMILES string of the molecule is Cc1ccc(S(=O)(=O)[C@@H]2[C@@H](NCc3ccccc3)[C@H](n3ccc(=O)[nH]c3=O)O[C@@H]2CO)cc1. The first-order valence-corrected chi connectivity index (χ1v) is 12.0. The lowest BCUT2D eigenvalue weighted by Gasteiger charge is -2.26. The Morgan fingerprint density at radius 2 is 1.76 bits per heavy atom. The molecule has 0 unspecified atom stereocenters. The molecule has 0 amide bonds. The third-order valence-corrected chi connectivity index (χ3v) is 7.98. The first-order valence-electron chi connectivity index (χ1n) is 10.5. The number of aromatic nitrogens is 2. The average molecular weight is 472 g/mol. The van der Waals surface area contributed by atoms with E-state index in [1.54, 1.807) is 12.1 Å². The molecule has 1 aliphatic heterocycles. The molecule has 0 radical (unpaired) electrons. The first-order chi connectivity index (χ1) is 15.8. The van der Waals surface area contributed by atoms with Gasteiger partial charge in [-0.1, -0.05) is 48.0 Å². The molecule has 0 aliphatic carbocycles. The lowest BCUT2D eigenvalue weighted by atomic mass is 10.1. The number of rotatable bonds is 7. The Hall–Kier alpha value is -3.05. The Morgan fingerprint density at radius 1 is 1.06 bits per heavy atom. The Bertz CT molecular complexity index is 1320. The van der Waals surface area contributed by atoms with Crippen molar-refractivity contribution in [3.8, 4) is 0 Å². The van der Waals surface area contributed by atoms with E-state index in [1.807, 2.05) is 37.3 Å². The van der Waals surface area contributed by atoms with E-state index in [0.717, 1.165) is 21.8 Å². The lowest BCUT2D eigenvalue weighted by molar-refractivity contribution is -0.0303. The summed E-state index contributed by atoms with van der Waals surface area (Å²) in [5, 5.41) is 12.0. The topological polar surface area (TPSA) is 130 Å². The zero-order valence-electron chi connectivity index (χ0n) is 17.9. The molecule has 0 bridgehead atoms. The van der Waals surface area contributed by atoms with Gasteiger partial charge in [-0.25, -0.2) is 13.2 Å². The molecule has 33 heavy (non-hydrogen) atoms. The molecule has 9 nitrogen and oxygen atoms in total. The molecule has 1 saturated heterocycles. The Labute approximate surface area is 190 Å². The van der Waals surface area contributed by atoms with E-state index in [-0.39, 0.29) is 4.90 Å². The number of H-pyrrole nitrogens is 1. The summed E-state index contributed by atoms with van der Waals surface area (Å²) >= 11 is 0. The van der Waals surface area contributed by atoms with E-state index < -0.39 is 51.3 Å². The van der Waals surface area contributed by atoms with E-state index in [4.69, 9.17) is 4.74 Å². The summed E-state index contributed by atoms with van der Waals surface area (Å²) in [5.41, 5.74) is 0.505. The van der Waals surface area contributed by atoms with Gasteiger partial charge in [-0.05, 0) is 24.6 Å². The number of nitrogens with zero attached hydrogens (tertiary/aromatic N) is 1. The van der Waals surface area contributed by atoms with Gasteiger partial charge in [-0.2, -0.15) is 0 Å². The van der Waals surface area contributed by atoms with Crippen LogP contribution in [0.4, 0.5) is 0 Å². The summed E-state index contributed by atoms with van der Waals surface area (Å²) in [4.78, 5) is 26.3. The number of hydrogen-bond donors (Lipinski definition) is 3. The third-order valence-electron chi connectivity index (χ3n) is 5.74. The van der Waals surface area contributed by atoms with Crippen molar-refractivity contribution in [3.63, 3.8) is 0 Å². The van der Waals surface area contributed by atoms with E-state index >= 15 is 0 Å². The first kappa shape index (κ1) is 23.1. The standard InChI is InChI=1S/C23H25N3O6S/c1-15-7-9-17(10-8-15)33(30,31)21-18(14-27)32-22(26-12-11-19(28)25-23(26)29)20(21)24-13-16-5-3-2-4-6-16/h2-12,18,20-22,24,27H,13-14H2,1H3,(H,25,28,29)/t18-,20-,21+,22-/m1/s1. The summed E-state index contributed by atoms with van der Waals surface area (Å²) in [5.74, 6) is 0. The van der Waals surface area contributed by atoms with Gasteiger partial charge in [0.2, 0.25) is 0 Å². The van der Waals surface area contributed by atoms with Gasteiger partial charge in [0.15, 0.2) is 16.1 Å². The molecular formula is C23H25N3O6S. The van der Waals surface area contributed by atoms with Crippen LogP contribution in [0.2, 0.25) is 0 Å². The summed E-state index contributed by atoms with van der Waals surface area (Å²) in [7, 11) is -3.97. The Morgan fingerprint density at radius 3 is 2.39 bits per heavy atom. The lowest BCUT2D eigenvalue weighted by Crippen LogP contribution is -2.49. The van der Waals surface area contributed by atoms with Crippen LogP contribution in [0.5, 0.6) is 0 Å². The second-order valence-electron chi connectivity index (χ2n) is 7.98. The van der Waals surface area contributed by atoms with Crippen molar-refractivity contribution in [1.29, 1.82) is 0 Å². The number of benzene rings is 2. The van der Waals surface area contributed by atoms with Crippen LogP contribution < -0.4 is 16.6 Å². The highest BCUT2D eigenvalue weighted by molar-refractivity contribution is 7.92.